The highest BCUT2D eigenvalue weighted by molar-refractivity contribution is 7.99. The third kappa shape index (κ3) is 16.3. The standard InChI is InChI=1S/C28H23NO7.C25H21NO5.C23H27ClN2O6S/c1-2-17-12-23-24(36-15-35-23)13-19(17)14-29-22-9-4-3-8-20(22)26(30)21(25(29)28(33)34)11-16-6-5-7-18(10-16)27(31)32;1-16-4-2-3-5-20(16)24(25(27)28)31-22-12-17(8-10-19(22)14-26)6-7-18-9-11-21-23(13-18)30-15-29-21;1-2-3-19-25-22(33-15-6-4-13(5-7-15)8-20(27)28)21(23(29)30)26(19)11-14-9-17-18(10-16(14)24)32-12-31-17/h3-10,12-13H,2,11,14-15H2,1H3,(H,31,32)(H,33,34);2-5,8-13,24H,6-7,15H2,1H3,(H,27,28);9-10,13,15H,2-8,11-12H2,1H3,(H,27,28)(H,29,30)/t;24-;/m.0./s1. The molecule has 4 aliphatic rings. The number of rotatable bonds is 23. The zero-order chi connectivity index (χ0) is 70.7. The summed E-state index contributed by atoms with van der Waals surface area (Å²) in [6.45, 7) is 6.84. The highest BCUT2D eigenvalue weighted by Gasteiger charge is 2.32. The second-order valence-corrected chi connectivity index (χ2v) is 26.1. The number of nitriles is 1. The summed E-state index contributed by atoms with van der Waals surface area (Å²) < 4.78 is 41.9. The number of aryl methyl sites for hydroxylation is 5. The molecule has 0 radical (unpaired) electrons. The molecular formula is C76H71ClN4O18S. The molecule has 1 fully saturated rings. The van der Waals surface area contributed by atoms with Crippen molar-refractivity contribution in [1.82, 2.24) is 14.1 Å². The summed E-state index contributed by atoms with van der Waals surface area (Å²) in [6, 6.07) is 40.7. The van der Waals surface area contributed by atoms with Crippen LogP contribution in [0, 0.1) is 24.2 Å². The van der Waals surface area contributed by atoms with Crippen molar-refractivity contribution >= 4 is 64.1 Å². The fourth-order valence-corrected chi connectivity index (χ4v) is 14.2. The second kappa shape index (κ2) is 31.7. The van der Waals surface area contributed by atoms with Crippen LogP contribution in [0.15, 0.2) is 143 Å². The topological polar surface area (TPSA) is 315 Å². The van der Waals surface area contributed by atoms with E-state index in [2.05, 4.69) is 6.07 Å². The fourth-order valence-electron chi connectivity index (χ4n) is 12.7. The molecular weight excluding hydrogens is 1320 g/mol. The van der Waals surface area contributed by atoms with Crippen LogP contribution in [0.2, 0.25) is 5.02 Å². The lowest BCUT2D eigenvalue weighted by Crippen LogP contribution is -2.25. The SMILES string of the molecule is CCCc1nc(SC2CCC(CC(=O)O)CC2)c(C(=O)O)n1Cc1cc2c(cc1Cl)OCO2.CCc1cc2c(cc1Cn1c(C(=O)O)c(Cc3cccc(C(=O)O)c3)c(=O)c3ccccc31)OCO2.Cc1ccccc1[C@H](Oc1cc(CCc2ccc3c(c2)OCO3)ccc1C#N)C(=O)O. The van der Waals surface area contributed by atoms with Gasteiger partial charge in [0.15, 0.2) is 45.6 Å². The van der Waals surface area contributed by atoms with E-state index in [-0.39, 0.29) is 91.2 Å². The summed E-state index contributed by atoms with van der Waals surface area (Å²) in [6.07, 6.45) is 5.98. The second-order valence-electron chi connectivity index (χ2n) is 24.4. The fraction of sp³-hybridized carbons (Fsp3) is 0.289. The van der Waals surface area contributed by atoms with Crippen LogP contribution in [-0.2, 0) is 54.8 Å². The highest BCUT2D eigenvalue weighted by atomic mass is 35.5. The molecule has 0 bridgehead atoms. The number of thioether (sulfide) groups is 1. The average molecular weight is 1400 g/mol. The Kier molecular flexibility index (Phi) is 22.3. The zero-order valence-corrected chi connectivity index (χ0v) is 56.4. The van der Waals surface area contributed by atoms with Gasteiger partial charge in [-0.3, -0.25) is 9.59 Å². The molecule has 100 heavy (non-hydrogen) atoms. The largest absolute Gasteiger partial charge is 0.481 e. The predicted molar refractivity (Wildman–Crippen MR) is 369 cm³/mol. The van der Waals surface area contributed by atoms with E-state index in [1.807, 2.05) is 69.3 Å². The summed E-state index contributed by atoms with van der Waals surface area (Å²) in [5.41, 5.74) is 7.15. The maximum absolute atomic E-state index is 13.5. The number of imidazole rings is 1. The molecule has 0 amide bonds. The molecule has 0 saturated heterocycles. The number of halogens is 1. The Morgan fingerprint density at radius 2 is 1.25 bits per heavy atom. The van der Waals surface area contributed by atoms with E-state index in [0.717, 1.165) is 83.4 Å². The number of nitrogens with zero attached hydrogens (tertiary/aromatic N) is 4. The first-order valence-electron chi connectivity index (χ1n) is 32.5. The van der Waals surface area contributed by atoms with Gasteiger partial charge in [0.2, 0.25) is 26.5 Å². The Labute approximate surface area is 583 Å². The molecule has 24 heteroatoms. The molecule has 22 nitrogen and oxygen atoms in total. The number of para-hydroxylation sites is 1. The lowest BCUT2D eigenvalue weighted by molar-refractivity contribution is -0.145. The number of aliphatic carboxylic acids is 2. The lowest BCUT2D eigenvalue weighted by atomic mass is 9.87. The van der Waals surface area contributed by atoms with Crippen LogP contribution in [0.25, 0.3) is 10.9 Å². The van der Waals surface area contributed by atoms with E-state index in [4.69, 9.17) is 54.8 Å². The number of aromatic nitrogens is 3. The number of aromatic carboxylic acids is 3. The smallest absolute Gasteiger partial charge is 0.355 e. The third-order valence-corrected chi connectivity index (χ3v) is 19.4. The van der Waals surface area contributed by atoms with E-state index in [1.165, 1.54) is 23.9 Å². The first-order valence-corrected chi connectivity index (χ1v) is 33.8. The molecule has 5 N–H and O–H groups in total. The van der Waals surface area contributed by atoms with Crippen molar-refractivity contribution in [2.75, 3.05) is 20.4 Å². The molecule has 516 valence electrons. The number of pyridine rings is 1. The molecule has 1 atom stereocenters. The Balaban J connectivity index is 0.000000152. The number of fused-ring (bicyclic) bond motifs is 4. The number of carboxylic acid groups (broad SMARTS) is 5. The number of benzene rings is 7. The van der Waals surface area contributed by atoms with Crippen molar-refractivity contribution in [2.45, 2.75) is 121 Å². The Morgan fingerprint density at radius 3 is 1.89 bits per heavy atom. The summed E-state index contributed by atoms with van der Waals surface area (Å²) in [5.74, 6) is -0.149. The Hall–Kier alpha value is -11.0. The first-order chi connectivity index (χ1) is 48.3. The van der Waals surface area contributed by atoms with E-state index < -0.39 is 36.0 Å². The molecule has 3 aliphatic heterocycles. The molecule has 5 heterocycles. The number of ether oxygens (including phenoxy) is 7. The Bertz CT molecular complexity index is 4720. The van der Waals surface area contributed by atoms with E-state index in [0.29, 0.717) is 85.7 Å². The van der Waals surface area contributed by atoms with Crippen molar-refractivity contribution in [3.05, 3.63) is 227 Å². The van der Waals surface area contributed by atoms with Gasteiger partial charge in [-0.15, -0.1) is 11.8 Å². The molecule has 1 saturated carbocycles. The minimum Gasteiger partial charge on any atom is -0.481 e. The molecule has 0 spiro atoms. The molecule has 1 aliphatic carbocycles. The van der Waals surface area contributed by atoms with E-state index >= 15 is 0 Å². The van der Waals surface area contributed by atoms with Gasteiger partial charge in [-0.2, -0.15) is 5.26 Å². The number of carbonyl (C=O) groups is 5. The average Bonchev–Trinajstić information content (AvgIpc) is 1.19. The van der Waals surface area contributed by atoms with E-state index in [1.54, 1.807) is 81.9 Å². The van der Waals surface area contributed by atoms with Crippen molar-refractivity contribution in [1.29, 1.82) is 5.26 Å². The monoisotopic (exact) mass is 1390 g/mol. The third-order valence-electron chi connectivity index (χ3n) is 17.8. The number of hydrogen-bond donors (Lipinski definition) is 5. The molecule has 2 aromatic heterocycles. The molecule has 0 unspecified atom stereocenters. The Morgan fingerprint density at radius 1 is 0.640 bits per heavy atom. The van der Waals surface area contributed by atoms with Crippen LogP contribution in [0.1, 0.15) is 151 Å². The maximum Gasteiger partial charge on any atom is 0.355 e. The minimum atomic E-state index is -1.24. The van der Waals surface area contributed by atoms with Gasteiger partial charge in [-0.25, -0.2) is 24.2 Å². The van der Waals surface area contributed by atoms with E-state index in [9.17, 15) is 54.5 Å². The van der Waals surface area contributed by atoms with Gasteiger partial charge >= 0.3 is 29.8 Å². The van der Waals surface area contributed by atoms with Crippen molar-refractivity contribution < 1.29 is 82.7 Å². The van der Waals surface area contributed by atoms with Crippen LogP contribution in [-0.4, -0.2) is 95.1 Å². The van der Waals surface area contributed by atoms with Gasteiger partial charge in [-0.1, -0.05) is 86.1 Å². The van der Waals surface area contributed by atoms with Gasteiger partial charge < -0.3 is 67.8 Å². The van der Waals surface area contributed by atoms with Crippen LogP contribution in [0.3, 0.4) is 0 Å². The van der Waals surface area contributed by atoms with Crippen molar-refractivity contribution in [3.8, 4) is 46.3 Å². The van der Waals surface area contributed by atoms with Gasteiger partial charge in [0, 0.05) is 58.7 Å². The zero-order valence-electron chi connectivity index (χ0n) is 54.9. The number of hydrogen-bond acceptors (Lipinski definition) is 16. The van der Waals surface area contributed by atoms with Gasteiger partial charge in [0.05, 0.1) is 23.2 Å². The summed E-state index contributed by atoms with van der Waals surface area (Å²) in [7, 11) is 0. The van der Waals surface area contributed by atoms with Crippen molar-refractivity contribution in [2.24, 2.45) is 5.92 Å². The van der Waals surface area contributed by atoms with Crippen LogP contribution in [0.5, 0.6) is 40.2 Å². The normalized spacial score (nSPS) is 14.8. The van der Waals surface area contributed by atoms with Crippen LogP contribution in [0.4, 0.5) is 0 Å². The first kappa shape index (κ1) is 70.4. The molecule has 13 rings (SSSR count). The van der Waals surface area contributed by atoms with Gasteiger partial charge in [0.1, 0.15) is 28.4 Å². The maximum atomic E-state index is 13.5. The van der Waals surface area contributed by atoms with Crippen molar-refractivity contribution in [3.63, 3.8) is 0 Å². The number of carboxylic acids is 5. The summed E-state index contributed by atoms with van der Waals surface area (Å²) in [4.78, 5) is 77.6. The predicted octanol–water partition coefficient (Wildman–Crippen LogP) is 14.0. The van der Waals surface area contributed by atoms with Gasteiger partial charge in [0.25, 0.3) is 0 Å². The highest BCUT2D eigenvalue weighted by Crippen LogP contribution is 2.42. The van der Waals surface area contributed by atoms with Crippen LogP contribution >= 0.6 is 23.4 Å². The van der Waals surface area contributed by atoms with Gasteiger partial charge in [-0.05, 0) is 170 Å². The van der Waals surface area contributed by atoms with Crippen LogP contribution < -0.4 is 38.6 Å². The summed E-state index contributed by atoms with van der Waals surface area (Å²) in [5, 5.41) is 59.6. The molecule has 7 aromatic carbocycles. The lowest BCUT2D eigenvalue weighted by Gasteiger charge is -2.26. The quantitative estimate of drug-likeness (QED) is 0.0397. The summed E-state index contributed by atoms with van der Waals surface area (Å²) >= 11 is 7.97. The minimum absolute atomic E-state index is 0.0196. The molecule has 9 aromatic rings.